The second-order valence-electron chi connectivity index (χ2n) is 23.9. The van der Waals surface area contributed by atoms with Crippen LogP contribution in [0.2, 0.25) is 0 Å². The third-order valence-corrected chi connectivity index (χ3v) is 18.1. The average Bonchev–Trinajstić information content (AvgIpc) is 2.11. The Kier molecular flexibility index (Phi) is 17.5. The highest BCUT2D eigenvalue weighted by atomic mass is 32.2. The molecule has 2 unspecified atom stereocenters. The number of aliphatic hydroxyl groups is 1. The first-order valence-corrected chi connectivity index (χ1v) is 29.9. The predicted molar refractivity (Wildman–Crippen MR) is 315 cm³/mol. The van der Waals surface area contributed by atoms with Gasteiger partial charge in [-0.2, -0.15) is 4.58 Å². The summed E-state index contributed by atoms with van der Waals surface area (Å²) in [4.78, 5) is 45.8. The van der Waals surface area contributed by atoms with Crippen molar-refractivity contribution in [1.82, 2.24) is 5.32 Å². The van der Waals surface area contributed by atoms with E-state index < -0.39 is 63.3 Å². The van der Waals surface area contributed by atoms with Gasteiger partial charge in [0.15, 0.2) is 18.4 Å². The van der Waals surface area contributed by atoms with Crippen LogP contribution in [0.4, 0.5) is 27.5 Å². The molecule has 6 aliphatic heterocycles. The molecule has 83 heavy (non-hydrogen) atoms. The van der Waals surface area contributed by atoms with E-state index in [9.17, 15) is 42.7 Å². The molecule has 7 N–H and O–H groups in total. The molecule has 3 amide bonds. The molecule has 0 spiro atoms. The second-order valence-corrected chi connectivity index (χ2v) is 25.3. The molecule has 6 aliphatic rings. The van der Waals surface area contributed by atoms with Crippen LogP contribution in [0, 0.1) is 11.8 Å². The van der Waals surface area contributed by atoms with Gasteiger partial charge in [0.2, 0.25) is 11.6 Å². The summed E-state index contributed by atoms with van der Waals surface area (Å²) >= 11 is 0. The van der Waals surface area contributed by atoms with Gasteiger partial charge in [0.25, 0.3) is 5.91 Å². The smallest absolute Gasteiger partial charge is 0.405 e. The number of amides is 3. The van der Waals surface area contributed by atoms with Crippen LogP contribution in [0.5, 0.6) is 11.5 Å². The molecule has 2 bridgehead atoms. The highest BCUT2D eigenvalue weighted by Crippen LogP contribution is 2.55. The lowest BCUT2D eigenvalue weighted by Crippen LogP contribution is -2.47. The van der Waals surface area contributed by atoms with Gasteiger partial charge in [-0.05, 0) is 107 Å². The summed E-state index contributed by atoms with van der Waals surface area (Å²) in [6.45, 7) is 17.5. The number of anilines is 2. The van der Waals surface area contributed by atoms with E-state index in [0.29, 0.717) is 37.9 Å². The van der Waals surface area contributed by atoms with Crippen molar-refractivity contribution in [2.75, 3.05) is 44.1 Å². The largest absolute Gasteiger partial charge is 0.744 e. The molecule has 3 aromatic rings. The van der Waals surface area contributed by atoms with E-state index in [-0.39, 0.29) is 75.8 Å². The number of carbonyl (C=O) groups excluding carboxylic acids is 3. The van der Waals surface area contributed by atoms with Crippen molar-refractivity contribution < 1.29 is 66.2 Å². The van der Waals surface area contributed by atoms with Crippen LogP contribution in [0.25, 0.3) is 0 Å². The first-order valence-electron chi connectivity index (χ1n) is 28.4. The molecular weight excluding hydrogens is 1080 g/mol. The van der Waals surface area contributed by atoms with Gasteiger partial charge in [-0.25, -0.2) is 13.2 Å². The topological polar surface area (TPSA) is 275 Å². The van der Waals surface area contributed by atoms with Gasteiger partial charge in [-0.3, -0.25) is 14.6 Å². The first-order chi connectivity index (χ1) is 39.2. The SMILES string of the molecule is CO[C@H]1C=C/C=C(\C)C(=O)Nc2cc(O)c(N=CCCCNC(=O)Cc3ccc4c(c3)C(C)(C)C3=C5C=C6C7=[N+](CCC6OC5CCN34)c3ccc(S(=O)(=O)[O-])cc3C7(C)C)c(c2O)C[C@@H](C)C[C@H](OC)[C@H](O)[C@@H](C)/C=C(\C)[C@@H]1OC(N)=O. The third-order valence-electron chi connectivity index (χ3n) is 17.3. The number of hydrogen-bond acceptors (Lipinski definition) is 15. The molecule has 20 heteroatoms. The Morgan fingerprint density at radius 2 is 1.78 bits per heavy atom. The van der Waals surface area contributed by atoms with Crippen molar-refractivity contribution in [2.45, 2.75) is 153 Å². The fourth-order valence-corrected chi connectivity index (χ4v) is 13.6. The maximum absolute atomic E-state index is 13.5. The lowest BCUT2D eigenvalue weighted by atomic mass is 9.74. The average molecular weight is 1160 g/mol. The zero-order chi connectivity index (χ0) is 60.0. The number of aliphatic imine (C=N–C) groups is 1. The Morgan fingerprint density at radius 3 is 2.49 bits per heavy atom. The number of nitrogens with one attached hydrogen (secondary N) is 2. The molecule has 8 atom stereocenters. The Labute approximate surface area is 486 Å². The number of aromatic hydroxyl groups is 2. The van der Waals surface area contributed by atoms with E-state index in [0.717, 1.165) is 64.3 Å². The van der Waals surface area contributed by atoms with Crippen LogP contribution in [-0.4, -0.2) is 133 Å². The minimum atomic E-state index is -4.64. The maximum atomic E-state index is 13.5. The number of ether oxygens (including phenoxy) is 4. The summed E-state index contributed by atoms with van der Waals surface area (Å²) in [5.41, 5.74) is 14.8. The normalized spacial score (nSPS) is 27.2. The van der Waals surface area contributed by atoms with Gasteiger partial charge in [0.05, 0.1) is 46.8 Å². The quantitative estimate of drug-likeness (QED) is 0.0201. The molecular formula is C63H78N6O13S. The monoisotopic (exact) mass is 1160 g/mol. The van der Waals surface area contributed by atoms with Gasteiger partial charge in [0, 0.05) is 103 Å². The predicted octanol–water partition coefficient (Wildman–Crippen LogP) is 8.23. The molecule has 0 radical (unpaired) electrons. The Hall–Kier alpha value is -6.94. The number of fused-ring (bicyclic) bond motifs is 10. The van der Waals surface area contributed by atoms with Crippen molar-refractivity contribution in [3.05, 3.63) is 123 Å². The minimum Gasteiger partial charge on any atom is -0.744 e. The van der Waals surface area contributed by atoms with Gasteiger partial charge < -0.3 is 60.1 Å². The highest BCUT2D eigenvalue weighted by Gasteiger charge is 2.55. The lowest BCUT2D eigenvalue weighted by molar-refractivity contribution is -0.445. The molecule has 0 saturated heterocycles. The number of carbonyl (C=O) groups is 3. The number of hydrogen-bond donors (Lipinski definition) is 6. The van der Waals surface area contributed by atoms with Crippen LogP contribution < -0.4 is 21.3 Å². The molecule has 0 aromatic heterocycles. The lowest BCUT2D eigenvalue weighted by Gasteiger charge is -2.42. The number of nitrogens with two attached hydrogens (primary N) is 1. The number of phenolic OH excluding ortho intramolecular Hbond substituents is 2. The molecule has 444 valence electrons. The molecule has 6 heterocycles. The van der Waals surface area contributed by atoms with Crippen LogP contribution >= 0.6 is 0 Å². The summed E-state index contributed by atoms with van der Waals surface area (Å²) < 4.78 is 62.4. The number of phenols is 2. The van der Waals surface area contributed by atoms with E-state index in [1.807, 2.05) is 19.9 Å². The van der Waals surface area contributed by atoms with Crippen LogP contribution in [0.1, 0.15) is 110 Å². The maximum Gasteiger partial charge on any atom is 0.405 e. The summed E-state index contributed by atoms with van der Waals surface area (Å²) in [6, 6.07) is 12.2. The Balaban J connectivity index is 0.876. The number of unbranched alkanes of at least 4 members (excludes halogenated alkanes) is 1. The number of aliphatic hydroxyl groups excluding tert-OH is 1. The van der Waals surface area contributed by atoms with Crippen molar-refractivity contribution in [3.63, 3.8) is 0 Å². The standard InChI is InChI=1S/C63H78N6O13S/c1-34-26-42-54(48(70)33-45(56(42)73)67-60(74)35(2)14-13-15-51(79-9)57(82-61(64)75)37(4)28-36(3)55(72)52(27-34)80-10)66-23-12-11-22-65-53(71)30-38-16-18-46-43(29-38)62(5,6)58-40-32-41-50(81-49(40)20-24-68(46)58)21-25-69-47-19-17-39(83(76,77)78)31-44(47)63(7,8)59(41)69/h13-19,23,28-29,31-34,36,49-52,55,57,72H,11-12,20-22,24-27,30H2,1-10H3,(H6-,64,65,67,70,71,73,74,75,76,77,78)/b15-13?,35-14+,37-28+,66-23?/t34-,36+,49?,50?,51+,52+,55-,57+/m1/s1. The molecule has 0 aliphatic carbocycles. The molecule has 19 nitrogen and oxygen atoms in total. The van der Waals surface area contributed by atoms with E-state index in [1.165, 1.54) is 44.2 Å². The summed E-state index contributed by atoms with van der Waals surface area (Å²) in [5, 5.41) is 40.6. The molecule has 0 saturated carbocycles. The number of allylic oxidation sites excluding steroid dienone is 3. The zero-order valence-electron chi connectivity index (χ0n) is 48.9. The summed E-state index contributed by atoms with van der Waals surface area (Å²) in [6.07, 6.45) is 8.85. The number of rotatable bonds is 11. The summed E-state index contributed by atoms with van der Waals surface area (Å²) in [5.74, 6) is -2.02. The number of methoxy groups -OCH3 is 2. The summed E-state index contributed by atoms with van der Waals surface area (Å²) in [7, 11) is -1.71. The van der Waals surface area contributed by atoms with E-state index in [4.69, 9.17) is 24.7 Å². The number of benzene rings is 3. The first kappa shape index (κ1) is 60.6. The highest BCUT2D eigenvalue weighted by molar-refractivity contribution is 7.85. The molecule has 3 aromatic carbocycles. The van der Waals surface area contributed by atoms with Crippen molar-refractivity contribution in [1.29, 1.82) is 0 Å². The fourth-order valence-electron chi connectivity index (χ4n) is 13.1. The van der Waals surface area contributed by atoms with Crippen molar-refractivity contribution >= 4 is 62.7 Å². The van der Waals surface area contributed by atoms with Gasteiger partial charge in [0.1, 0.15) is 33.4 Å². The Morgan fingerprint density at radius 1 is 1.02 bits per heavy atom. The number of nitrogens with zero attached hydrogens (tertiary/aromatic N) is 3. The van der Waals surface area contributed by atoms with Gasteiger partial charge in [-0.15, -0.1) is 0 Å². The van der Waals surface area contributed by atoms with Crippen molar-refractivity contribution in [3.8, 4) is 11.5 Å². The van der Waals surface area contributed by atoms with Gasteiger partial charge in [-0.1, -0.05) is 64.1 Å². The van der Waals surface area contributed by atoms with E-state index in [1.54, 1.807) is 44.4 Å². The third kappa shape index (κ3) is 12.1. The van der Waals surface area contributed by atoms with Crippen molar-refractivity contribution in [2.24, 2.45) is 22.6 Å². The van der Waals surface area contributed by atoms with Crippen LogP contribution in [0.15, 0.2) is 111 Å². The van der Waals surface area contributed by atoms with Gasteiger partial charge >= 0.3 is 6.09 Å². The number of primary amides is 1. The minimum absolute atomic E-state index is 0.0333. The second kappa shape index (κ2) is 24.0. The van der Waals surface area contributed by atoms with Crippen LogP contribution in [-0.2, 0) is 62.3 Å². The molecule has 9 rings (SSSR count). The molecule has 0 fully saturated rings. The van der Waals surface area contributed by atoms with E-state index in [2.05, 4.69) is 71.0 Å². The van der Waals surface area contributed by atoms with Crippen LogP contribution in [0.3, 0.4) is 0 Å². The zero-order valence-corrected chi connectivity index (χ0v) is 49.8. The fraction of sp³-hybridized carbons (Fsp3) is 0.476. The van der Waals surface area contributed by atoms with E-state index >= 15 is 0 Å². The Bertz CT molecular complexity index is 3450.